The highest BCUT2D eigenvalue weighted by molar-refractivity contribution is 5.98. The molecule has 0 saturated carbocycles. The number of fused-ring (bicyclic) bond motifs is 1. The van der Waals surface area contributed by atoms with Gasteiger partial charge in [-0.05, 0) is 31.5 Å². The number of piperidine rings is 1. The number of hydrogen-bond acceptors (Lipinski definition) is 4. The highest BCUT2D eigenvalue weighted by Gasteiger charge is 2.36. The summed E-state index contributed by atoms with van der Waals surface area (Å²) in [6.45, 7) is 1.64. The van der Waals surface area contributed by atoms with Gasteiger partial charge >= 0.3 is 5.97 Å². The molecule has 2 N–H and O–H groups in total. The minimum absolute atomic E-state index is 0.0239. The zero-order valence-electron chi connectivity index (χ0n) is 11.6. The third-order valence-electron chi connectivity index (χ3n) is 3.96. The van der Waals surface area contributed by atoms with E-state index in [0.717, 1.165) is 19.4 Å². The number of amides is 1. The SMILES string of the molecule is O=C(O)C1CN(C(=O)[C@@H]2CCCNC2)c2ccccc2O1. The van der Waals surface area contributed by atoms with Gasteiger partial charge in [0.05, 0.1) is 18.2 Å². The smallest absolute Gasteiger partial charge is 0.346 e. The first-order valence-corrected chi connectivity index (χ1v) is 7.17. The fourth-order valence-corrected chi connectivity index (χ4v) is 2.85. The normalized spacial score (nSPS) is 24.9. The molecule has 6 heteroatoms. The lowest BCUT2D eigenvalue weighted by Gasteiger charge is -2.36. The summed E-state index contributed by atoms with van der Waals surface area (Å²) in [6.07, 6.45) is 0.786. The van der Waals surface area contributed by atoms with Crippen LogP contribution in [0.3, 0.4) is 0 Å². The summed E-state index contributed by atoms with van der Waals surface area (Å²) in [5, 5.41) is 12.4. The van der Waals surface area contributed by atoms with Crippen molar-refractivity contribution in [3.8, 4) is 5.75 Å². The van der Waals surface area contributed by atoms with Crippen molar-refractivity contribution >= 4 is 17.6 Å². The van der Waals surface area contributed by atoms with Crippen molar-refractivity contribution in [2.45, 2.75) is 18.9 Å². The molecule has 0 bridgehead atoms. The van der Waals surface area contributed by atoms with E-state index in [2.05, 4.69) is 5.32 Å². The Morgan fingerprint density at radius 1 is 1.33 bits per heavy atom. The molecule has 0 aliphatic carbocycles. The van der Waals surface area contributed by atoms with Crippen molar-refractivity contribution in [1.82, 2.24) is 5.32 Å². The van der Waals surface area contributed by atoms with Crippen LogP contribution in [0.25, 0.3) is 0 Å². The van der Waals surface area contributed by atoms with E-state index < -0.39 is 12.1 Å². The van der Waals surface area contributed by atoms with Crippen molar-refractivity contribution in [1.29, 1.82) is 0 Å². The third-order valence-corrected chi connectivity index (χ3v) is 3.96. The first-order chi connectivity index (χ1) is 10.2. The van der Waals surface area contributed by atoms with Gasteiger partial charge in [0.15, 0.2) is 0 Å². The maximum Gasteiger partial charge on any atom is 0.346 e. The van der Waals surface area contributed by atoms with Crippen LogP contribution in [0.15, 0.2) is 24.3 Å². The minimum atomic E-state index is -1.05. The molecule has 0 radical (unpaired) electrons. The third kappa shape index (κ3) is 2.71. The van der Waals surface area contributed by atoms with E-state index in [0.29, 0.717) is 18.0 Å². The van der Waals surface area contributed by atoms with Gasteiger partial charge in [0.1, 0.15) is 5.75 Å². The van der Waals surface area contributed by atoms with Crippen LogP contribution in [-0.4, -0.2) is 42.7 Å². The molecule has 1 unspecified atom stereocenters. The molecule has 1 aromatic rings. The lowest BCUT2D eigenvalue weighted by Crippen LogP contribution is -2.51. The Kier molecular flexibility index (Phi) is 3.79. The van der Waals surface area contributed by atoms with E-state index in [1.54, 1.807) is 23.1 Å². The van der Waals surface area contributed by atoms with E-state index in [1.807, 2.05) is 6.07 Å². The number of benzene rings is 1. The van der Waals surface area contributed by atoms with Gasteiger partial charge in [-0.25, -0.2) is 4.79 Å². The highest BCUT2D eigenvalue weighted by Crippen LogP contribution is 2.34. The molecular formula is C15H18N2O4. The van der Waals surface area contributed by atoms with E-state index in [9.17, 15) is 14.7 Å². The fourth-order valence-electron chi connectivity index (χ4n) is 2.85. The topological polar surface area (TPSA) is 78.9 Å². The van der Waals surface area contributed by atoms with Crippen LogP contribution >= 0.6 is 0 Å². The lowest BCUT2D eigenvalue weighted by molar-refractivity contribution is -0.145. The number of carbonyl (C=O) groups excluding carboxylic acids is 1. The zero-order valence-corrected chi connectivity index (χ0v) is 11.6. The van der Waals surface area contributed by atoms with Gasteiger partial charge in [-0.2, -0.15) is 0 Å². The molecule has 1 saturated heterocycles. The highest BCUT2D eigenvalue weighted by atomic mass is 16.5. The van der Waals surface area contributed by atoms with Crippen LogP contribution in [0.1, 0.15) is 12.8 Å². The second-order valence-corrected chi connectivity index (χ2v) is 5.40. The van der Waals surface area contributed by atoms with Gasteiger partial charge in [-0.15, -0.1) is 0 Å². The monoisotopic (exact) mass is 290 g/mol. The summed E-state index contributed by atoms with van der Waals surface area (Å²) in [4.78, 5) is 25.5. The van der Waals surface area contributed by atoms with Crippen molar-refractivity contribution in [3.63, 3.8) is 0 Å². The predicted molar refractivity (Wildman–Crippen MR) is 76.4 cm³/mol. The van der Waals surface area contributed by atoms with Gasteiger partial charge in [0, 0.05) is 6.54 Å². The fraction of sp³-hybridized carbons (Fsp3) is 0.467. The van der Waals surface area contributed by atoms with Crippen molar-refractivity contribution in [2.75, 3.05) is 24.5 Å². The number of aliphatic carboxylic acids is 1. The standard InChI is InChI=1S/C15H18N2O4/c18-14(10-4-3-7-16-8-10)17-9-13(15(19)20)21-12-6-2-1-5-11(12)17/h1-2,5-6,10,13,16H,3-4,7-9H2,(H,19,20)/t10-,13?/m1/s1. The first-order valence-electron chi connectivity index (χ1n) is 7.17. The molecule has 0 aromatic heterocycles. The summed E-state index contributed by atoms with van der Waals surface area (Å²) in [6, 6.07) is 7.09. The molecule has 1 amide bonds. The maximum atomic E-state index is 12.7. The maximum absolute atomic E-state index is 12.7. The molecule has 1 aromatic carbocycles. The summed E-state index contributed by atoms with van der Waals surface area (Å²) in [7, 11) is 0. The summed E-state index contributed by atoms with van der Waals surface area (Å²) in [5.74, 6) is -0.721. The summed E-state index contributed by atoms with van der Waals surface area (Å²) >= 11 is 0. The number of nitrogens with zero attached hydrogens (tertiary/aromatic N) is 1. The minimum Gasteiger partial charge on any atom is -0.478 e. The van der Waals surface area contributed by atoms with E-state index in [-0.39, 0.29) is 18.4 Å². The van der Waals surface area contributed by atoms with E-state index in [1.165, 1.54) is 0 Å². The lowest BCUT2D eigenvalue weighted by atomic mass is 9.97. The van der Waals surface area contributed by atoms with E-state index in [4.69, 9.17) is 4.74 Å². The Balaban J connectivity index is 1.88. The molecule has 2 aliphatic rings. The number of anilines is 1. The van der Waals surface area contributed by atoms with Crippen LogP contribution in [0.4, 0.5) is 5.69 Å². The van der Waals surface area contributed by atoms with Gasteiger partial charge in [0.25, 0.3) is 0 Å². The van der Waals surface area contributed by atoms with Gasteiger partial charge in [-0.1, -0.05) is 12.1 Å². The summed E-state index contributed by atoms with van der Waals surface area (Å²) in [5.41, 5.74) is 0.658. The molecule has 0 spiro atoms. The van der Waals surface area contributed by atoms with Crippen LogP contribution in [-0.2, 0) is 9.59 Å². The van der Waals surface area contributed by atoms with Crippen LogP contribution in [0, 0.1) is 5.92 Å². The van der Waals surface area contributed by atoms with Crippen LogP contribution in [0.2, 0.25) is 0 Å². The number of para-hydroxylation sites is 2. The Labute approximate surface area is 122 Å². The van der Waals surface area contributed by atoms with Crippen molar-refractivity contribution < 1.29 is 19.4 Å². The Hall–Kier alpha value is -2.08. The Morgan fingerprint density at radius 3 is 2.86 bits per heavy atom. The number of carboxylic acids is 1. The van der Waals surface area contributed by atoms with Crippen molar-refractivity contribution in [3.05, 3.63) is 24.3 Å². The van der Waals surface area contributed by atoms with Crippen molar-refractivity contribution in [2.24, 2.45) is 5.92 Å². The number of rotatable bonds is 2. The molecule has 2 aliphatic heterocycles. The summed E-state index contributed by atoms with van der Waals surface area (Å²) < 4.78 is 5.45. The molecule has 2 heterocycles. The average molecular weight is 290 g/mol. The Morgan fingerprint density at radius 2 is 2.14 bits per heavy atom. The Bertz CT molecular complexity index is 554. The molecule has 6 nitrogen and oxygen atoms in total. The quantitative estimate of drug-likeness (QED) is 0.845. The van der Waals surface area contributed by atoms with E-state index >= 15 is 0 Å². The number of hydrogen-bond donors (Lipinski definition) is 2. The number of carboxylic acid groups (broad SMARTS) is 1. The second kappa shape index (κ2) is 5.73. The molecule has 1 fully saturated rings. The molecule has 2 atom stereocenters. The second-order valence-electron chi connectivity index (χ2n) is 5.40. The number of carbonyl (C=O) groups is 2. The van der Waals surface area contributed by atoms with Gasteiger partial charge in [0.2, 0.25) is 12.0 Å². The molecular weight excluding hydrogens is 272 g/mol. The molecule has 21 heavy (non-hydrogen) atoms. The average Bonchev–Trinajstić information content (AvgIpc) is 2.54. The molecule has 112 valence electrons. The van der Waals surface area contributed by atoms with Gasteiger partial charge < -0.3 is 20.1 Å². The molecule has 3 rings (SSSR count). The first kappa shape index (κ1) is 13.9. The largest absolute Gasteiger partial charge is 0.478 e. The zero-order chi connectivity index (χ0) is 14.8. The number of nitrogens with one attached hydrogen (secondary N) is 1. The van der Waals surface area contributed by atoms with Gasteiger partial charge in [-0.3, -0.25) is 4.79 Å². The van der Waals surface area contributed by atoms with Crippen LogP contribution in [0.5, 0.6) is 5.75 Å². The number of ether oxygens (including phenoxy) is 1. The predicted octanol–water partition coefficient (Wildman–Crippen LogP) is 0.865. The van der Waals surface area contributed by atoms with Crippen LogP contribution < -0.4 is 15.0 Å².